The van der Waals surface area contributed by atoms with E-state index in [0.29, 0.717) is 11.3 Å². The molecule has 8 unspecified atom stereocenters. The Morgan fingerprint density at radius 1 is 1.18 bits per heavy atom. The van der Waals surface area contributed by atoms with Gasteiger partial charge in [-0.2, -0.15) is 0 Å². The van der Waals surface area contributed by atoms with Gasteiger partial charge < -0.3 is 49.4 Å². The number of aromatic nitrogens is 1. The van der Waals surface area contributed by atoms with Crippen LogP contribution in [0.2, 0.25) is 0 Å². The zero-order valence-electron chi connectivity index (χ0n) is 21.2. The van der Waals surface area contributed by atoms with E-state index in [1.165, 1.54) is 19.2 Å². The molecule has 0 bridgehead atoms. The molecule has 212 valence electrons. The second-order valence-corrected chi connectivity index (χ2v) is 9.67. The molecule has 8 atom stereocenters. The zero-order chi connectivity index (χ0) is 28.9. The highest BCUT2D eigenvalue weighted by Crippen LogP contribution is 2.37. The lowest BCUT2D eigenvalue weighted by Crippen LogP contribution is -2.60. The molecule has 6 N–H and O–H groups in total. The lowest BCUT2D eigenvalue weighted by atomic mass is 9.83. The van der Waals surface area contributed by atoms with Crippen molar-refractivity contribution in [2.24, 2.45) is 23.9 Å². The lowest BCUT2D eigenvalue weighted by Gasteiger charge is -2.42. The molecule has 0 aliphatic carbocycles. The number of aliphatic hydroxyl groups is 4. The number of carboxylic acids is 1. The van der Waals surface area contributed by atoms with Crippen molar-refractivity contribution in [3.8, 4) is 16.9 Å². The van der Waals surface area contributed by atoms with Gasteiger partial charge in [0.15, 0.2) is 12.0 Å². The Kier molecular flexibility index (Phi) is 7.35. The van der Waals surface area contributed by atoms with Crippen molar-refractivity contribution in [3.05, 3.63) is 69.8 Å². The van der Waals surface area contributed by atoms with Crippen molar-refractivity contribution in [3.63, 3.8) is 0 Å². The minimum atomic E-state index is -1.72. The third kappa shape index (κ3) is 4.42. The number of aliphatic hydroxyl groups excluding tert-OH is 4. The molecule has 13 nitrogen and oxygen atoms in total. The van der Waals surface area contributed by atoms with E-state index in [1.807, 2.05) is 0 Å². The maximum absolute atomic E-state index is 13.0. The first-order valence-electron chi connectivity index (χ1n) is 12.4. The van der Waals surface area contributed by atoms with Crippen LogP contribution in [-0.2, 0) is 26.1 Å². The number of hydrogen-bond donors (Lipinski definition) is 6. The molecule has 0 spiro atoms. The van der Waals surface area contributed by atoms with Crippen LogP contribution in [0.5, 0.6) is 5.75 Å². The van der Waals surface area contributed by atoms with Gasteiger partial charge in [-0.1, -0.05) is 24.3 Å². The quantitative estimate of drug-likeness (QED) is 0.190. The molecule has 4 heterocycles. The van der Waals surface area contributed by atoms with Crippen LogP contribution in [0, 0.1) is 11.8 Å². The average Bonchev–Trinajstić information content (AvgIpc) is 3.33. The number of aromatic hydroxyl groups is 1. The monoisotopic (exact) mass is 556 g/mol. The zero-order valence-corrected chi connectivity index (χ0v) is 21.2. The number of ether oxygens (including phenoxy) is 3. The van der Waals surface area contributed by atoms with E-state index in [9.17, 15) is 40.2 Å². The minimum absolute atomic E-state index is 0.205. The Bertz CT molecular complexity index is 1560. The van der Waals surface area contributed by atoms with Gasteiger partial charge in [0.2, 0.25) is 6.29 Å². The second-order valence-electron chi connectivity index (χ2n) is 9.67. The van der Waals surface area contributed by atoms with Crippen LogP contribution < -0.4 is 16.3 Å². The Hall–Kier alpha value is -3.85. The number of nitrogens with zero attached hydrogens (tertiary/aromatic N) is 2. The van der Waals surface area contributed by atoms with Crippen LogP contribution in [0.25, 0.3) is 17.2 Å². The van der Waals surface area contributed by atoms with Crippen molar-refractivity contribution in [2.45, 2.75) is 37.0 Å². The maximum Gasteiger partial charge on any atom is 0.335 e. The van der Waals surface area contributed by atoms with E-state index >= 15 is 0 Å². The van der Waals surface area contributed by atoms with Crippen molar-refractivity contribution < 1.29 is 49.6 Å². The van der Waals surface area contributed by atoms with E-state index < -0.39 is 72.7 Å². The van der Waals surface area contributed by atoms with Crippen LogP contribution >= 0.6 is 0 Å². The van der Waals surface area contributed by atoms with Crippen LogP contribution in [0.1, 0.15) is 0 Å². The van der Waals surface area contributed by atoms with Gasteiger partial charge in [-0.05, 0) is 12.1 Å². The number of rotatable bonds is 6. The summed E-state index contributed by atoms with van der Waals surface area (Å²) in [6, 6.07) is 6.92. The predicted molar refractivity (Wildman–Crippen MR) is 136 cm³/mol. The smallest absolute Gasteiger partial charge is 0.335 e. The topological polar surface area (TPSA) is 200 Å². The summed E-state index contributed by atoms with van der Waals surface area (Å²) in [7, 11) is 1.42. The maximum atomic E-state index is 13.0. The first-order chi connectivity index (χ1) is 19.1. The molecule has 0 amide bonds. The molecular weight excluding hydrogens is 528 g/mol. The van der Waals surface area contributed by atoms with Crippen molar-refractivity contribution in [1.29, 1.82) is 0 Å². The van der Waals surface area contributed by atoms with Gasteiger partial charge in [-0.15, -0.1) is 6.58 Å². The summed E-state index contributed by atoms with van der Waals surface area (Å²) in [6.07, 6.45) is -5.31. The second kappa shape index (κ2) is 10.6. The summed E-state index contributed by atoms with van der Waals surface area (Å²) < 4.78 is 17.9. The molecule has 3 aliphatic rings. The molecule has 1 aromatic carbocycles. The number of pyridine rings is 1. The van der Waals surface area contributed by atoms with Crippen molar-refractivity contribution in [2.75, 3.05) is 6.61 Å². The standard InChI is InChI=1S/C27H28N2O11/c1-3-11-13(8-16-19-18(21(32)24(35)29(16)2)12-6-4-5-7-15(12)28-19)14(25(36)37)10-38-26(11)40-27-23(34)22(33)20(31)17(9-30)39-27/h3-8,10-11,13,17,20,22-23,26-27,30-34H,1,9H2,2H3,(H,36,37). The molecule has 1 fully saturated rings. The van der Waals surface area contributed by atoms with Crippen LogP contribution in [0.4, 0.5) is 5.69 Å². The van der Waals surface area contributed by atoms with E-state index in [-0.39, 0.29) is 21.8 Å². The third-order valence-corrected chi connectivity index (χ3v) is 7.38. The summed E-state index contributed by atoms with van der Waals surface area (Å²) in [6.45, 7) is 3.11. The molecule has 13 heteroatoms. The molecule has 5 rings (SSSR count). The fourth-order valence-corrected chi connectivity index (χ4v) is 5.18. The summed E-state index contributed by atoms with van der Waals surface area (Å²) in [5, 5.41) is 61.2. The number of hydrogen-bond acceptors (Lipinski definition) is 11. The van der Waals surface area contributed by atoms with Gasteiger partial charge in [-0.3, -0.25) is 4.79 Å². The normalized spacial score (nSPS) is 31.4. The third-order valence-electron chi connectivity index (χ3n) is 7.38. The van der Waals surface area contributed by atoms with Crippen molar-refractivity contribution in [1.82, 2.24) is 4.57 Å². The van der Waals surface area contributed by atoms with Crippen molar-refractivity contribution >= 4 is 17.7 Å². The number of carboxylic acid groups (broad SMARTS) is 1. The minimum Gasteiger partial charge on any atom is -0.503 e. The van der Waals surface area contributed by atoms with E-state index in [0.717, 1.165) is 10.8 Å². The van der Waals surface area contributed by atoms with E-state index in [2.05, 4.69) is 11.6 Å². The summed E-state index contributed by atoms with van der Waals surface area (Å²) in [5.74, 6) is -3.77. The molecular formula is C27H28N2O11. The highest BCUT2D eigenvalue weighted by atomic mass is 16.8. The highest BCUT2D eigenvalue weighted by Gasteiger charge is 2.47. The summed E-state index contributed by atoms with van der Waals surface area (Å²) in [4.78, 5) is 29.8. The number of carbonyl (C=O) groups is 1. The first kappa shape index (κ1) is 27.7. The molecule has 40 heavy (non-hydrogen) atoms. The van der Waals surface area contributed by atoms with Gasteiger partial charge in [0.25, 0.3) is 5.56 Å². The van der Waals surface area contributed by atoms with Crippen LogP contribution in [0.15, 0.2) is 58.5 Å². The molecule has 0 radical (unpaired) electrons. The molecule has 3 aliphatic heterocycles. The van der Waals surface area contributed by atoms with Gasteiger partial charge in [0, 0.05) is 18.5 Å². The lowest BCUT2D eigenvalue weighted by molar-refractivity contribution is -0.338. The number of aliphatic carboxylic acids is 1. The molecule has 2 aromatic rings. The Labute approximate surface area is 226 Å². The molecule has 0 saturated carbocycles. The summed E-state index contributed by atoms with van der Waals surface area (Å²) >= 11 is 0. The van der Waals surface area contributed by atoms with Gasteiger partial charge in [-0.25, -0.2) is 9.79 Å². The van der Waals surface area contributed by atoms with Crippen LogP contribution in [0.3, 0.4) is 0 Å². The molecule has 1 aromatic heterocycles. The average molecular weight is 557 g/mol. The first-order valence-corrected chi connectivity index (χ1v) is 12.4. The summed E-state index contributed by atoms with van der Waals surface area (Å²) in [5.41, 5.74) is 0.380. The van der Waals surface area contributed by atoms with Gasteiger partial charge in [0.1, 0.15) is 24.4 Å². The Morgan fingerprint density at radius 2 is 1.90 bits per heavy atom. The van der Waals surface area contributed by atoms with Crippen LogP contribution in [-0.4, -0.2) is 84.8 Å². The fourth-order valence-electron chi connectivity index (χ4n) is 5.18. The molecule has 1 saturated heterocycles. The fraction of sp³-hybridized carbons (Fsp3) is 0.370. The number of para-hydroxylation sites is 1. The predicted octanol–water partition coefficient (Wildman–Crippen LogP) is -1.64. The number of fused-ring (bicyclic) bond motifs is 3. The van der Waals surface area contributed by atoms with Gasteiger partial charge in [0.05, 0.1) is 46.3 Å². The highest BCUT2D eigenvalue weighted by molar-refractivity contribution is 5.89. The largest absolute Gasteiger partial charge is 0.503 e. The van der Waals surface area contributed by atoms with Gasteiger partial charge >= 0.3 is 5.97 Å². The van der Waals surface area contributed by atoms with E-state index in [4.69, 9.17) is 14.2 Å². The Balaban J connectivity index is 1.61. The SMILES string of the molecule is C=CC1C(OC2OC(CO)C(O)C(O)C2O)OC=C(C(=O)O)C1C=c1c2c(c(O)c(=O)n1C)-c1ccccc1N=2. The van der Waals surface area contributed by atoms with E-state index in [1.54, 1.807) is 24.3 Å². The number of benzene rings is 1. The Morgan fingerprint density at radius 3 is 2.58 bits per heavy atom.